The van der Waals surface area contributed by atoms with Crippen molar-refractivity contribution in [2.75, 3.05) is 17.7 Å². The standard InChI is InChI=1S/C19H21ClN2O3/c1-11(2)13-7-5-6-8-16(13)22-19(24)14-9-15(20)17(21-12(3)23)10-18(14)25-4/h5-11H,1-4H3,(H,21,23)(H,22,24). The average Bonchev–Trinajstić information content (AvgIpc) is 2.56. The minimum atomic E-state index is -0.332. The zero-order valence-electron chi connectivity index (χ0n) is 14.6. The Kier molecular flexibility index (Phi) is 6.04. The largest absolute Gasteiger partial charge is 0.496 e. The quantitative estimate of drug-likeness (QED) is 0.813. The molecular weight excluding hydrogens is 340 g/mol. The van der Waals surface area contributed by atoms with Crippen LogP contribution in [0.1, 0.15) is 42.6 Å². The van der Waals surface area contributed by atoms with Crippen molar-refractivity contribution in [1.29, 1.82) is 0 Å². The van der Waals surface area contributed by atoms with Gasteiger partial charge in [-0.1, -0.05) is 43.6 Å². The number of carbonyl (C=O) groups excluding carboxylic acids is 2. The summed E-state index contributed by atoms with van der Waals surface area (Å²) in [6, 6.07) is 10.7. The minimum Gasteiger partial charge on any atom is -0.496 e. The van der Waals surface area contributed by atoms with Gasteiger partial charge in [-0.25, -0.2) is 0 Å². The summed E-state index contributed by atoms with van der Waals surface area (Å²) in [5.74, 6) is 0.00467. The van der Waals surface area contributed by atoms with Crippen molar-refractivity contribution in [3.8, 4) is 5.75 Å². The van der Waals surface area contributed by atoms with Crippen molar-refractivity contribution in [3.05, 3.63) is 52.5 Å². The van der Waals surface area contributed by atoms with Crippen molar-refractivity contribution < 1.29 is 14.3 Å². The summed E-state index contributed by atoms with van der Waals surface area (Å²) in [4.78, 5) is 24.0. The third kappa shape index (κ3) is 4.51. The van der Waals surface area contributed by atoms with Gasteiger partial charge in [-0.3, -0.25) is 9.59 Å². The number of nitrogens with one attached hydrogen (secondary N) is 2. The second-order valence-corrected chi connectivity index (χ2v) is 6.32. The third-order valence-corrected chi connectivity index (χ3v) is 3.99. The van der Waals surface area contributed by atoms with Crippen molar-refractivity contribution in [2.45, 2.75) is 26.7 Å². The number of anilines is 2. The highest BCUT2D eigenvalue weighted by molar-refractivity contribution is 6.34. The highest BCUT2D eigenvalue weighted by Gasteiger charge is 2.18. The highest BCUT2D eigenvalue weighted by atomic mass is 35.5. The Morgan fingerprint density at radius 3 is 2.36 bits per heavy atom. The summed E-state index contributed by atoms with van der Waals surface area (Å²) in [6.07, 6.45) is 0. The monoisotopic (exact) mass is 360 g/mol. The Bertz CT molecular complexity index is 803. The summed E-state index contributed by atoms with van der Waals surface area (Å²) in [6.45, 7) is 5.50. The van der Waals surface area contributed by atoms with Gasteiger partial charge in [0.15, 0.2) is 0 Å². The van der Waals surface area contributed by atoms with E-state index in [1.807, 2.05) is 24.3 Å². The van der Waals surface area contributed by atoms with Gasteiger partial charge < -0.3 is 15.4 Å². The van der Waals surface area contributed by atoms with Crippen LogP contribution in [0.4, 0.5) is 11.4 Å². The van der Waals surface area contributed by atoms with Crippen LogP contribution in [0.5, 0.6) is 5.75 Å². The van der Waals surface area contributed by atoms with E-state index in [4.69, 9.17) is 16.3 Å². The van der Waals surface area contributed by atoms with Crippen LogP contribution in [0.3, 0.4) is 0 Å². The molecule has 0 aromatic heterocycles. The average molecular weight is 361 g/mol. The third-order valence-electron chi connectivity index (χ3n) is 3.68. The van der Waals surface area contributed by atoms with Gasteiger partial charge in [0.25, 0.3) is 5.91 Å². The number of amides is 2. The summed E-state index contributed by atoms with van der Waals surface area (Å²) >= 11 is 6.18. The molecule has 2 amide bonds. The van der Waals surface area contributed by atoms with Gasteiger partial charge in [0.05, 0.1) is 23.4 Å². The lowest BCUT2D eigenvalue weighted by Crippen LogP contribution is -2.15. The first-order chi connectivity index (χ1) is 11.8. The van der Waals surface area contributed by atoms with Crippen molar-refractivity contribution >= 4 is 34.8 Å². The fourth-order valence-electron chi connectivity index (χ4n) is 2.49. The maximum Gasteiger partial charge on any atom is 0.259 e. The number of methoxy groups -OCH3 is 1. The lowest BCUT2D eigenvalue weighted by molar-refractivity contribution is -0.114. The first kappa shape index (κ1) is 18.8. The maximum atomic E-state index is 12.7. The Labute approximate surface area is 152 Å². The number of carbonyl (C=O) groups is 2. The van der Waals surface area contributed by atoms with Gasteiger partial charge in [-0.05, 0) is 23.6 Å². The molecule has 0 atom stereocenters. The number of halogens is 1. The number of ether oxygens (including phenoxy) is 1. The van der Waals surface area contributed by atoms with Crippen molar-refractivity contribution in [2.24, 2.45) is 0 Å². The molecule has 0 heterocycles. The van der Waals surface area contributed by atoms with E-state index in [1.165, 1.54) is 26.2 Å². The molecule has 0 aliphatic heterocycles. The maximum absolute atomic E-state index is 12.7. The van der Waals surface area contributed by atoms with Gasteiger partial charge in [0.1, 0.15) is 5.75 Å². The van der Waals surface area contributed by atoms with E-state index in [1.54, 1.807) is 0 Å². The fraction of sp³-hybridized carbons (Fsp3) is 0.263. The van der Waals surface area contributed by atoms with Crippen LogP contribution in [0.2, 0.25) is 5.02 Å². The molecule has 0 bridgehead atoms. The van der Waals surface area contributed by atoms with Crippen LogP contribution in [-0.2, 0) is 4.79 Å². The van der Waals surface area contributed by atoms with Gasteiger partial charge in [0, 0.05) is 18.7 Å². The number of para-hydroxylation sites is 1. The summed E-state index contributed by atoms with van der Waals surface area (Å²) in [5, 5.41) is 5.77. The smallest absolute Gasteiger partial charge is 0.259 e. The molecule has 5 nitrogen and oxygen atoms in total. The SMILES string of the molecule is COc1cc(NC(C)=O)c(Cl)cc1C(=O)Nc1ccccc1C(C)C. The molecule has 6 heteroatoms. The lowest BCUT2D eigenvalue weighted by Gasteiger charge is -2.16. The van der Waals surface area contributed by atoms with Crippen LogP contribution in [0.15, 0.2) is 36.4 Å². The van der Waals surface area contributed by atoms with E-state index in [0.717, 1.165) is 11.3 Å². The minimum absolute atomic E-state index is 0.257. The fourth-order valence-corrected chi connectivity index (χ4v) is 2.70. The second kappa shape index (κ2) is 8.03. The molecule has 0 fully saturated rings. The molecular formula is C19H21ClN2O3. The molecule has 0 radical (unpaired) electrons. The molecule has 0 aliphatic rings. The van der Waals surface area contributed by atoms with E-state index >= 15 is 0 Å². The topological polar surface area (TPSA) is 67.4 Å². The first-order valence-electron chi connectivity index (χ1n) is 7.89. The second-order valence-electron chi connectivity index (χ2n) is 5.91. The Hall–Kier alpha value is -2.53. The Balaban J connectivity index is 2.36. The molecule has 0 spiro atoms. The van der Waals surface area contributed by atoms with E-state index in [2.05, 4.69) is 24.5 Å². The molecule has 2 N–H and O–H groups in total. The molecule has 0 aliphatic carbocycles. The molecule has 132 valence electrons. The molecule has 2 aromatic carbocycles. The van der Waals surface area contributed by atoms with E-state index in [9.17, 15) is 9.59 Å². The molecule has 2 rings (SSSR count). The molecule has 0 unspecified atom stereocenters. The van der Waals surface area contributed by atoms with Crippen LogP contribution in [0.25, 0.3) is 0 Å². The number of benzene rings is 2. The summed E-state index contributed by atoms with van der Waals surface area (Å²) < 4.78 is 5.29. The molecule has 25 heavy (non-hydrogen) atoms. The van der Waals surface area contributed by atoms with Gasteiger partial charge >= 0.3 is 0 Å². The zero-order chi connectivity index (χ0) is 18.6. The Morgan fingerprint density at radius 1 is 1.08 bits per heavy atom. The van der Waals surface area contributed by atoms with Gasteiger partial charge in [0.2, 0.25) is 5.91 Å². The molecule has 0 saturated heterocycles. The van der Waals surface area contributed by atoms with Crippen LogP contribution in [0, 0.1) is 0 Å². The predicted octanol–water partition coefficient (Wildman–Crippen LogP) is 4.68. The van der Waals surface area contributed by atoms with Gasteiger partial charge in [-0.2, -0.15) is 0 Å². The van der Waals surface area contributed by atoms with E-state index < -0.39 is 0 Å². The first-order valence-corrected chi connectivity index (χ1v) is 8.26. The van der Waals surface area contributed by atoms with E-state index in [0.29, 0.717) is 17.0 Å². The number of rotatable bonds is 5. The molecule has 0 saturated carbocycles. The van der Waals surface area contributed by atoms with Crippen LogP contribution in [-0.4, -0.2) is 18.9 Å². The predicted molar refractivity (Wildman–Crippen MR) is 101 cm³/mol. The van der Waals surface area contributed by atoms with Crippen molar-refractivity contribution in [1.82, 2.24) is 0 Å². The summed E-state index contributed by atoms with van der Waals surface area (Å²) in [5.41, 5.74) is 2.47. The number of hydrogen-bond acceptors (Lipinski definition) is 3. The van der Waals surface area contributed by atoms with Crippen LogP contribution >= 0.6 is 11.6 Å². The number of hydrogen-bond donors (Lipinski definition) is 2. The highest BCUT2D eigenvalue weighted by Crippen LogP contribution is 2.32. The summed E-state index contributed by atoms with van der Waals surface area (Å²) in [7, 11) is 1.46. The van der Waals surface area contributed by atoms with Crippen LogP contribution < -0.4 is 15.4 Å². The zero-order valence-corrected chi connectivity index (χ0v) is 15.4. The van der Waals surface area contributed by atoms with Gasteiger partial charge in [-0.15, -0.1) is 0 Å². The van der Waals surface area contributed by atoms with Crippen molar-refractivity contribution in [3.63, 3.8) is 0 Å². The Morgan fingerprint density at radius 2 is 1.76 bits per heavy atom. The van der Waals surface area contributed by atoms with E-state index in [-0.39, 0.29) is 22.8 Å². The normalized spacial score (nSPS) is 10.5. The molecule has 2 aromatic rings. The lowest BCUT2D eigenvalue weighted by atomic mass is 10.0.